The number of rotatable bonds is 2. The van der Waals surface area contributed by atoms with Gasteiger partial charge in [0, 0.05) is 18.1 Å². The van der Waals surface area contributed by atoms with Gasteiger partial charge in [-0.15, -0.1) is 0 Å². The van der Waals surface area contributed by atoms with E-state index in [9.17, 15) is 10.1 Å². The van der Waals surface area contributed by atoms with Crippen LogP contribution in [-0.2, 0) is 11.4 Å². The first kappa shape index (κ1) is 17.1. The van der Waals surface area contributed by atoms with Crippen LogP contribution < -0.4 is 24.0 Å². The van der Waals surface area contributed by atoms with Crippen molar-refractivity contribution in [2.45, 2.75) is 13.5 Å². The van der Waals surface area contributed by atoms with E-state index in [0.29, 0.717) is 5.56 Å². The maximum atomic E-state index is 10.2. The zero-order chi connectivity index (χ0) is 11.8. The predicted octanol–water partition coefficient (Wildman–Crippen LogP) is -3.15. The normalized spacial score (nSPS) is 8.12. The average molecular weight is 219 g/mol. The van der Waals surface area contributed by atoms with Gasteiger partial charge in [0.05, 0.1) is 11.5 Å². The summed E-state index contributed by atoms with van der Waals surface area (Å²) in [5, 5.41) is 27.7. The van der Waals surface area contributed by atoms with Gasteiger partial charge < -0.3 is 15.0 Å². The van der Waals surface area contributed by atoms with Gasteiger partial charge in [-0.2, -0.15) is 0 Å². The monoisotopic (exact) mass is 219 g/mol. The Labute approximate surface area is 104 Å². The van der Waals surface area contributed by atoms with Gasteiger partial charge in [0.2, 0.25) is 0 Å². The quantitative estimate of drug-likeness (QED) is 0.321. The van der Waals surface area contributed by atoms with Crippen LogP contribution in [0.25, 0.3) is 0 Å². The summed E-state index contributed by atoms with van der Waals surface area (Å²) in [6.45, 7) is 0.807. The predicted molar refractivity (Wildman–Crippen MR) is 49.7 cm³/mol. The van der Waals surface area contributed by atoms with Crippen molar-refractivity contribution in [3.63, 3.8) is 0 Å². The number of carboxylic acid groups (broad SMARTS) is 1. The largest absolute Gasteiger partial charge is 1.00 e. The van der Waals surface area contributed by atoms with Crippen LogP contribution in [0.4, 0.5) is 5.69 Å². The number of nitro groups is 1. The summed E-state index contributed by atoms with van der Waals surface area (Å²) in [5.74, 6) is -1.08. The fraction of sp³-hybridized carbons (Fsp3) is 0.222. The molecule has 7 heteroatoms. The number of aliphatic hydroxyl groups is 1. The van der Waals surface area contributed by atoms with Crippen LogP contribution in [0, 0.1) is 10.1 Å². The Morgan fingerprint density at radius 3 is 2.38 bits per heavy atom. The Hall–Kier alpha value is -1.35. The molecule has 0 aromatic heterocycles. The first-order chi connectivity index (χ1) is 6.97. The van der Waals surface area contributed by atoms with Crippen molar-refractivity contribution in [2.24, 2.45) is 0 Å². The number of aliphatic hydroxyl groups excluding tert-OH is 1. The van der Waals surface area contributed by atoms with Gasteiger partial charge in [0.15, 0.2) is 0 Å². The molecule has 1 aromatic carbocycles. The Morgan fingerprint density at radius 1 is 1.50 bits per heavy atom. The topological polar surface area (TPSA) is 104 Å². The summed E-state index contributed by atoms with van der Waals surface area (Å²) in [5.41, 5.74) is 0.566. The number of carbonyl (C=O) groups is 1. The number of carboxylic acids is 1. The summed E-state index contributed by atoms with van der Waals surface area (Å²) in [6, 6.07) is 5.91. The van der Waals surface area contributed by atoms with Gasteiger partial charge in [-0.25, -0.2) is 0 Å². The van der Waals surface area contributed by atoms with Crippen molar-refractivity contribution >= 4 is 11.7 Å². The van der Waals surface area contributed by atoms with Gasteiger partial charge in [-0.05, 0) is 12.5 Å². The van der Waals surface area contributed by atoms with E-state index in [1.165, 1.54) is 12.1 Å². The van der Waals surface area contributed by atoms with Crippen LogP contribution in [0.2, 0.25) is 0 Å². The van der Waals surface area contributed by atoms with Gasteiger partial charge in [0.25, 0.3) is 5.69 Å². The SMILES string of the molecule is CC(=O)[O-].O=[N+]([O-])c1cccc(CO)c1.[Li+]. The second-order valence-electron chi connectivity index (χ2n) is 2.58. The molecule has 1 N–H and O–H groups in total. The summed E-state index contributed by atoms with van der Waals surface area (Å²) in [6.07, 6.45) is 0. The van der Waals surface area contributed by atoms with Crippen LogP contribution in [0.3, 0.4) is 0 Å². The summed E-state index contributed by atoms with van der Waals surface area (Å²) < 4.78 is 0. The van der Waals surface area contributed by atoms with Gasteiger partial charge in [0.1, 0.15) is 0 Å². The Bertz CT molecular complexity index is 352. The Balaban J connectivity index is 0. The molecule has 0 aliphatic heterocycles. The van der Waals surface area contributed by atoms with Crippen molar-refractivity contribution in [1.82, 2.24) is 0 Å². The molecule has 0 fully saturated rings. The van der Waals surface area contributed by atoms with E-state index in [0.717, 1.165) is 6.92 Å². The molecule has 0 saturated carbocycles. The maximum absolute atomic E-state index is 10.2. The number of hydrogen-bond donors (Lipinski definition) is 1. The zero-order valence-corrected chi connectivity index (χ0v) is 9.04. The second kappa shape index (κ2) is 8.92. The van der Waals surface area contributed by atoms with E-state index in [4.69, 9.17) is 15.0 Å². The van der Waals surface area contributed by atoms with Crippen molar-refractivity contribution in [3.05, 3.63) is 39.9 Å². The molecule has 0 heterocycles. The maximum Gasteiger partial charge on any atom is 1.00 e. The molecule has 0 unspecified atom stereocenters. The summed E-state index contributed by atoms with van der Waals surface area (Å²) in [7, 11) is 0. The molecule has 0 bridgehead atoms. The fourth-order valence-corrected chi connectivity index (χ4v) is 0.768. The van der Waals surface area contributed by atoms with Gasteiger partial charge in [-0.3, -0.25) is 10.1 Å². The molecule has 82 valence electrons. The van der Waals surface area contributed by atoms with Crippen LogP contribution >= 0.6 is 0 Å². The number of nitrogens with zero attached hydrogens (tertiary/aromatic N) is 1. The van der Waals surface area contributed by atoms with Gasteiger partial charge in [-0.1, -0.05) is 12.1 Å². The molecule has 0 aliphatic rings. The number of non-ortho nitro benzene ring substituents is 1. The molecule has 0 radical (unpaired) electrons. The molecule has 0 saturated heterocycles. The molecule has 0 amide bonds. The average Bonchev–Trinajstić information content (AvgIpc) is 2.17. The minimum Gasteiger partial charge on any atom is -0.550 e. The van der Waals surface area contributed by atoms with E-state index in [-0.39, 0.29) is 31.2 Å². The summed E-state index contributed by atoms with van der Waals surface area (Å²) in [4.78, 5) is 18.6. The molecular formula is C9H10LiNO5. The molecule has 1 rings (SSSR count). The molecule has 16 heavy (non-hydrogen) atoms. The van der Waals surface area contributed by atoms with Crippen LogP contribution in [0.15, 0.2) is 24.3 Å². The minimum absolute atomic E-state index is 0. The second-order valence-corrected chi connectivity index (χ2v) is 2.58. The third-order valence-electron chi connectivity index (χ3n) is 1.30. The number of aliphatic carboxylic acids is 1. The number of benzene rings is 1. The molecule has 1 aromatic rings. The minimum atomic E-state index is -1.08. The van der Waals surface area contributed by atoms with E-state index in [1.807, 2.05) is 0 Å². The summed E-state index contributed by atoms with van der Waals surface area (Å²) >= 11 is 0. The van der Waals surface area contributed by atoms with E-state index in [1.54, 1.807) is 12.1 Å². The molecule has 0 atom stereocenters. The smallest absolute Gasteiger partial charge is 0.550 e. The van der Waals surface area contributed by atoms with E-state index in [2.05, 4.69) is 0 Å². The van der Waals surface area contributed by atoms with E-state index >= 15 is 0 Å². The standard InChI is InChI=1S/C7H7NO3.C2H4O2.Li/c9-5-6-2-1-3-7(4-6)8(10)11;1-2(3)4;/h1-4,9H,5H2;1H3,(H,3,4);/q;;+1/p-1. The van der Waals surface area contributed by atoms with Crippen molar-refractivity contribution in [2.75, 3.05) is 0 Å². The fourth-order valence-electron chi connectivity index (χ4n) is 0.768. The zero-order valence-electron chi connectivity index (χ0n) is 9.04. The number of hydrogen-bond acceptors (Lipinski definition) is 5. The van der Waals surface area contributed by atoms with Crippen molar-refractivity contribution in [1.29, 1.82) is 0 Å². The van der Waals surface area contributed by atoms with Crippen molar-refractivity contribution < 1.29 is 38.8 Å². The Morgan fingerprint density at radius 2 is 2.00 bits per heavy atom. The van der Waals surface area contributed by atoms with Crippen LogP contribution in [0.1, 0.15) is 12.5 Å². The number of nitro benzene ring substituents is 1. The van der Waals surface area contributed by atoms with Gasteiger partial charge >= 0.3 is 18.9 Å². The van der Waals surface area contributed by atoms with Crippen molar-refractivity contribution in [3.8, 4) is 0 Å². The molecular weight excluding hydrogens is 209 g/mol. The van der Waals surface area contributed by atoms with Crippen LogP contribution in [-0.4, -0.2) is 16.0 Å². The Kier molecular flexibility index (Phi) is 9.50. The molecule has 6 nitrogen and oxygen atoms in total. The third kappa shape index (κ3) is 8.00. The molecule has 0 spiro atoms. The number of carbonyl (C=O) groups excluding carboxylic acids is 1. The first-order valence-corrected chi connectivity index (χ1v) is 3.99. The van der Waals surface area contributed by atoms with E-state index < -0.39 is 10.9 Å². The first-order valence-electron chi connectivity index (χ1n) is 3.99. The van der Waals surface area contributed by atoms with Crippen LogP contribution in [0.5, 0.6) is 0 Å². The third-order valence-corrected chi connectivity index (χ3v) is 1.30. The molecule has 0 aliphatic carbocycles.